The lowest BCUT2D eigenvalue weighted by atomic mass is 10.2. The van der Waals surface area contributed by atoms with E-state index in [-0.39, 0.29) is 4.90 Å². The highest BCUT2D eigenvalue weighted by atomic mass is 32.2. The van der Waals surface area contributed by atoms with E-state index in [4.69, 9.17) is 9.88 Å². The maximum absolute atomic E-state index is 11.1. The lowest BCUT2D eigenvalue weighted by molar-refractivity contribution is 0.336. The molecule has 5 heteroatoms. The summed E-state index contributed by atoms with van der Waals surface area (Å²) in [6, 6.07) is 4.79. The van der Waals surface area contributed by atoms with Gasteiger partial charge in [-0.3, -0.25) is 0 Å². The number of rotatable bonds is 3. The van der Waals surface area contributed by atoms with Crippen molar-refractivity contribution >= 4 is 10.0 Å². The van der Waals surface area contributed by atoms with Crippen LogP contribution in [0.1, 0.15) is 12.5 Å². The van der Waals surface area contributed by atoms with E-state index in [1.807, 2.05) is 6.92 Å². The van der Waals surface area contributed by atoms with Crippen LogP contribution in [0, 0.1) is 6.92 Å². The minimum absolute atomic E-state index is 0.114. The van der Waals surface area contributed by atoms with Crippen molar-refractivity contribution in [1.29, 1.82) is 0 Å². The molecule has 0 aliphatic heterocycles. The average Bonchev–Trinajstić information content (AvgIpc) is 2.07. The van der Waals surface area contributed by atoms with Crippen molar-refractivity contribution in [3.63, 3.8) is 0 Å². The molecular formula is C9H13NO3S. The Morgan fingerprint density at radius 3 is 2.57 bits per heavy atom. The topological polar surface area (TPSA) is 69.4 Å². The Hall–Kier alpha value is -1.07. The number of primary sulfonamides is 1. The van der Waals surface area contributed by atoms with Crippen LogP contribution in [0.25, 0.3) is 0 Å². The van der Waals surface area contributed by atoms with Crippen LogP contribution in [-0.4, -0.2) is 15.0 Å². The van der Waals surface area contributed by atoms with E-state index in [1.165, 1.54) is 6.07 Å². The minimum atomic E-state index is -3.65. The molecule has 0 fully saturated rings. The van der Waals surface area contributed by atoms with Gasteiger partial charge >= 0.3 is 0 Å². The monoisotopic (exact) mass is 215 g/mol. The molecule has 0 spiro atoms. The van der Waals surface area contributed by atoms with Gasteiger partial charge in [0.2, 0.25) is 10.0 Å². The van der Waals surface area contributed by atoms with Crippen LogP contribution in [0.3, 0.4) is 0 Å². The molecule has 0 atom stereocenters. The molecule has 1 aromatic carbocycles. The smallest absolute Gasteiger partial charge is 0.238 e. The highest BCUT2D eigenvalue weighted by Crippen LogP contribution is 2.23. The summed E-state index contributed by atoms with van der Waals surface area (Å²) in [5.74, 6) is 0.555. The van der Waals surface area contributed by atoms with E-state index >= 15 is 0 Å². The summed E-state index contributed by atoms with van der Waals surface area (Å²) in [5, 5.41) is 5.04. The molecule has 0 aliphatic carbocycles. The van der Waals surface area contributed by atoms with Crippen molar-refractivity contribution in [2.45, 2.75) is 18.7 Å². The third kappa shape index (κ3) is 2.24. The Morgan fingerprint density at radius 1 is 1.43 bits per heavy atom. The lowest BCUT2D eigenvalue weighted by Crippen LogP contribution is -2.14. The number of ether oxygens (including phenoxy) is 1. The van der Waals surface area contributed by atoms with Crippen LogP contribution in [0.4, 0.5) is 0 Å². The SMILES string of the molecule is CCOc1cccc(S(N)(=O)=O)c1C. The van der Waals surface area contributed by atoms with Crippen LogP contribution in [-0.2, 0) is 10.0 Å². The van der Waals surface area contributed by atoms with Crippen LogP contribution >= 0.6 is 0 Å². The minimum Gasteiger partial charge on any atom is -0.494 e. The molecule has 0 heterocycles. The highest BCUT2D eigenvalue weighted by molar-refractivity contribution is 7.89. The van der Waals surface area contributed by atoms with Gasteiger partial charge in [-0.2, -0.15) is 0 Å². The molecule has 0 radical (unpaired) electrons. The van der Waals surface area contributed by atoms with E-state index in [0.29, 0.717) is 17.9 Å². The van der Waals surface area contributed by atoms with Gasteiger partial charge in [0.05, 0.1) is 11.5 Å². The van der Waals surface area contributed by atoms with Crippen LogP contribution in [0.2, 0.25) is 0 Å². The zero-order valence-electron chi connectivity index (χ0n) is 8.15. The number of hydrogen-bond acceptors (Lipinski definition) is 3. The largest absolute Gasteiger partial charge is 0.494 e. The molecular weight excluding hydrogens is 202 g/mol. The molecule has 1 rings (SSSR count). The molecule has 1 aromatic rings. The number of benzene rings is 1. The second kappa shape index (κ2) is 3.98. The van der Waals surface area contributed by atoms with E-state index < -0.39 is 10.0 Å². The van der Waals surface area contributed by atoms with Gasteiger partial charge in [-0.15, -0.1) is 0 Å². The zero-order valence-corrected chi connectivity index (χ0v) is 8.97. The molecule has 0 amide bonds. The number of sulfonamides is 1. The van der Waals surface area contributed by atoms with Gasteiger partial charge in [-0.25, -0.2) is 13.6 Å². The second-order valence-electron chi connectivity index (χ2n) is 2.86. The number of hydrogen-bond donors (Lipinski definition) is 1. The van der Waals surface area contributed by atoms with Crippen molar-refractivity contribution in [3.05, 3.63) is 23.8 Å². The fraction of sp³-hybridized carbons (Fsp3) is 0.333. The van der Waals surface area contributed by atoms with Gasteiger partial charge in [0.1, 0.15) is 5.75 Å². The molecule has 0 bridgehead atoms. The predicted molar refractivity (Wildman–Crippen MR) is 53.7 cm³/mol. The van der Waals surface area contributed by atoms with Crippen LogP contribution in [0.5, 0.6) is 5.75 Å². The molecule has 0 saturated heterocycles. The van der Waals surface area contributed by atoms with Gasteiger partial charge < -0.3 is 4.74 Å². The van der Waals surface area contributed by atoms with E-state index in [9.17, 15) is 8.42 Å². The molecule has 0 aromatic heterocycles. The van der Waals surface area contributed by atoms with Gasteiger partial charge in [-0.05, 0) is 26.0 Å². The Labute approximate surface area is 83.7 Å². The highest BCUT2D eigenvalue weighted by Gasteiger charge is 2.13. The number of nitrogens with two attached hydrogens (primary N) is 1. The van der Waals surface area contributed by atoms with Gasteiger partial charge in [0.15, 0.2) is 0 Å². The van der Waals surface area contributed by atoms with E-state index in [1.54, 1.807) is 19.1 Å². The quantitative estimate of drug-likeness (QED) is 0.819. The zero-order chi connectivity index (χ0) is 10.8. The fourth-order valence-corrected chi connectivity index (χ4v) is 2.01. The first-order chi connectivity index (χ1) is 6.46. The third-order valence-corrected chi connectivity index (χ3v) is 2.90. The van der Waals surface area contributed by atoms with Gasteiger partial charge in [-0.1, -0.05) is 6.07 Å². The molecule has 78 valence electrons. The van der Waals surface area contributed by atoms with E-state index in [0.717, 1.165) is 0 Å². The lowest BCUT2D eigenvalue weighted by Gasteiger charge is -2.09. The van der Waals surface area contributed by atoms with Crippen molar-refractivity contribution < 1.29 is 13.2 Å². The maximum atomic E-state index is 11.1. The molecule has 0 saturated carbocycles. The van der Waals surface area contributed by atoms with E-state index in [2.05, 4.69) is 0 Å². The van der Waals surface area contributed by atoms with Crippen molar-refractivity contribution in [3.8, 4) is 5.75 Å². The van der Waals surface area contributed by atoms with Gasteiger partial charge in [0, 0.05) is 5.56 Å². The Morgan fingerprint density at radius 2 is 2.07 bits per heavy atom. The summed E-state index contributed by atoms with van der Waals surface area (Å²) in [7, 11) is -3.65. The Balaban J connectivity index is 3.28. The summed E-state index contributed by atoms with van der Waals surface area (Å²) in [5.41, 5.74) is 0.553. The Kier molecular flexibility index (Phi) is 3.13. The maximum Gasteiger partial charge on any atom is 0.238 e. The van der Waals surface area contributed by atoms with Crippen molar-refractivity contribution in [2.24, 2.45) is 5.14 Å². The second-order valence-corrected chi connectivity index (χ2v) is 4.39. The Bertz CT molecular complexity index is 426. The summed E-state index contributed by atoms with van der Waals surface area (Å²) < 4.78 is 27.5. The van der Waals surface area contributed by atoms with Crippen molar-refractivity contribution in [2.75, 3.05) is 6.61 Å². The van der Waals surface area contributed by atoms with Crippen molar-refractivity contribution in [1.82, 2.24) is 0 Å². The first-order valence-corrected chi connectivity index (χ1v) is 5.76. The molecule has 14 heavy (non-hydrogen) atoms. The predicted octanol–water partition coefficient (Wildman–Crippen LogP) is 1.04. The molecule has 0 unspecified atom stereocenters. The first kappa shape index (κ1) is 11.0. The molecule has 2 N–H and O–H groups in total. The fourth-order valence-electron chi connectivity index (χ4n) is 1.21. The first-order valence-electron chi connectivity index (χ1n) is 4.22. The normalized spacial score (nSPS) is 11.4. The summed E-state index contributed by atoms with van der Waals surface area (Å²) in [4.78, 5) is 0.114. The standard InChI is InChI=1S/C9H13NO3S/c1-3-13-8-5-4-6-9(7(8)2)14(10,11)12/h4-6H,3H2,1-2H3,(H2,10,11,12). The summed E-state index contributed by atoms with van der Waals surface area (Å²) >= 11 is 0. The summed E-state index contributed by atoms with van der Waals surface area (Å²) in [6.07, 6.45) is 0. The van der Waals surface area contributed by atoms with Gasteiger partial charge in [0.25, 0.3) is 0 Å². The third-order valence-electron chi connectivity index (χ3n) is 1.84. The van der Waals surface area contributed by atoms with Crippen LogP contribution < -0.4 is 9.88 Å². The summed E-state index contributed by atoms with van der Waals surface area (Å²) in [6.45, 7) is 4.00. The van der Waals surface area contributed by atoms with Crippen LogP contribution in [0.15, 0.2) is 23.1 Å². The molecule has 0 aliphatic rings. The average molecular weight is 215 g/mol. The molecule has 4 nitrogen and oxygen atoms in total.